The van der Waals surface area contributed by atoms with Gasteiger partial charge in [0.05, 0.1) is 30.1 Å². The molecule has 1 saturated heterocycles. The van der Waals surface area contributed by atoms with Crippen LogP contribution in [0.15, 0.2) is 23.1 Å². The van der Waals surface area contributed by atoms with Crippen molar-refractivity contribution >= 4 is 46.3 Å². The van der Waals surface area contributed by atoms with Gasteiger partial charge in [-0.3, -0.25) is 9.69 Å². The lowest BCUT2D eigenvalue weighted by Gasteiger charge is -2.23. The molecule has 0 aliphatic carbocycles. The third-order valence-electron chi connectivity index (χ3n) is 3.40. The van der Waals surface area contributed by atoms with Crippen molar-refractivity contribution in [1.29, 1.82) is 0 Å². The van der Waals surface area contributed by atoms with Crippen LogP contribution < -0.4 is 14.6 Å². The number of aliphatic carboxylic acids is 1. The number of thioether (sulfide) groups is 1. The number of rotatable bonds is 6. The van der Waals surface area contributed by atoms with E-state index < -0.39 is 17.9 Å². The molecule has 0 spiro atoms. The van der Waals surface area contributed by atoms with Crippen LogP contribution in [0.1, 0.15) is 26.3 Å². The molecule has 2 rings (SSSR count). The Kier molecular flexibility index (Phi) is 6.07. The fourth-order valence-electron chi connectivity index (χ4n) is 2.20. The SMILES string of the molecule is COc1cc(/C=C2\SC(=S)N([C@@H](C)C(=O)[O-])C2=O)ccc1OC(C)C. The largest absolute Gasteiger partial charge is 0.548 e. The minimum absolute atomic E-state index is 0.00196. The van der Waals surface area contributed by atoms with E-state index in [2.05, 4.69) is 0 Å². The number of nitrogens with zero attached hydrogens (tertiary/aromatic N) is 1. The Labute approximate surface area is 155 Å². The number of hydrogen-bond donors (Lipinski definition) is 0. The molecule has 1 aromatic rings. The average molecular weight is 380 g/mol. The second kappa shape index (κ2) is 7.88. The van der Waals surface area contributed by atoms with Gasteiger partial charge in [0.25, 0.3) is 5.91 Å². The lowest BCUT2D eigenvalue weighted by molar-refractivity contribution is -0.309. The summed E-state index contributed by atoms with van der Waals surface area (Å²) in [5.74, 6) is -0.656. The normalized spacial score (nSPS) is 17.3. The van der Waals surface area contributed by atoms with Crippen LogP contribution in [0.25, 0.3) is 6.08 Å². The van der Waals surface area contributed by atoms with Crippen molar-refractivity contribution in [1.82, 2.24) is 4.90 Å². The van der Waals surface area contributed by atoms with E-state index in [0.29, 0.717) is 16.4 Å². The van der Waals surface area contributed by atoms with Crippen molar-refractivity contribution in [2.24, 2.45) is 0 Å². The fourth-order valence-corrected chi connectivity index (χ4v) is 3.61. The van der Waals surface area contributed by atoms with Gasteiger partial charge in [0.2, 0.25) is 0 Å². The zero-order valence-corrected chi connectivity index (χ0v) is 15.9. The van der Waals surface area contributed by atoms with Gasteiger partial charge >= 0.3 is 0 Å². The van der Waals surface area contributed by atoms with Gasteiger partial charge in [0, 0.05) is 0 Å². The van der Waals surface area contributed by atoms with Crippen molar-refractivity contribution in [3.05, 3.63) is 28.7 Å². The first-order valence-electron chi connectivity index (χ1n) is 7.57. The molecule has 6 nitrogen and oxygen atoms in total. The molecule has 0 radical (unpaired) electrons. The summed E-state index contributed by atoms with van der Waals surface area (Å²) in [6.45, 7) is 5.19. The van der Waals surface area contributed by atoms with E-state index in [9.17, 15) is 14.7 Å². The van der Waals surface area contributed by atoms with Crippen LogP contribution >= 0.6 is 24.0 Å². The van der Waals surface area contributed by atoms with Gasteiger partial charge in [0.15, 0.2) is 11.5 Å². The zero-order valence-electron chi connectivity index (χ0n) is 14.3. The fraction of sp³-hybridized carbons (Fsp3) is 0.353. The minimum atomic E-state index is -1.35. The van der Waals surface area contributed by atoms with Crippen LogP contribution in [0.3, 0.4) is 0 Å². The highest BCUT2D eigenvalue weighted by molar-refractivity contribution is 8.26. The Morgan fingerprint density at radius 3 is 2.56 bits per heavy atom. The molecule has 0 bridgehead atoms. The van der Waals surface area contributed by atoms with Crippen molar-refractivity contribution in [2.45, 2.75) is 32.9 Å². The summed E-state index contributed by atoms with van der Waals surface area (Å²) in [6, 6.07) is 4.17. The molecule has 1 amide bonds. The topological polar surface area (TPSA) is 78.9 Å². The van der Waals surface area contributed by atoms with Gasteiger partial charge in [-0.25, -0.2) is 0 Å². The Bertz CT molecular complexity index is 745. The van der Waals surface area contributed by atoms with Crippen molar-refractivity contribution in [3.8, 4) is 11.5 Å². The predicted molar refractivity (Wildman–Crippen MR) is 98.2 cm³/mol. The number of methoxy groups -OCH3 is 1. The molecule has 0 aromatic heterocycles. The first-order valence-corrected chi connectivity index (χ1v) is 8.79. The standard InChI is InChI=1S/C17H19NO5S2/c1-9(2)23-12-6-5-11(7-13(12)22-4)8-14-15(19)18(17(24)25-14)10(3)16(20)21/h5-10H,1-4H3,(H,20,21)/p-1/b14-8-/t10-/m0/s1. The number of thiocarbonyl (C=S) groups is 1. The van der Waals surface area contributed by atoms with Crippen LogP contribution in [-0.4, -0.2) is 40.4 Å². The maximum atomic E-state index is 12.4. The van der Waals surface area contributed by atoms with E-state index in [0.717, 1.165) is 22.2 Å². The highest BCUT2D eigenvalue weighted by Crippen LogP contribution is 2.35. The number of carboxylic acid groups (broad SMARTS) is 1. The predicted octanol–water partition coefficient (Wildman–Crippen LogP) is 1.82. The first kappa shape index (κ1) is 19.3. The molecule has 1 aromatic carbocycles. The van der Waals surface area contributed by atoms with Gasteiger partial charge in [0.1, 0.15) is 4.32 Å². The van der Waals surface area contributed by atoms with Gasteiger partial charge in [-0.15, -0.1) is 0 Å². The number of amides is 1. The molecule has 0 unspecified atom stereocenters. The first-order chi connectivity index (χ1) is 11.7. The maximum Gasteiger partial charge on any atom is 0.266 e. The highest BCUT2D eigenvalue weighted by Gasteiger charge is 2.35. The highest BCUT2D eigenvalue weighted by atomic mass is 32.2. The van der Waals surface area contributed by atoms with E-state index in [-0.39, 0.29) is 10.4 Å². The molecule has 8 heteroatoms. The average Bonchev–Trinajstić information content (AvgIpc) is 2.81. The zero-order chi connectivity index (χ0) is 18.7. The Morgan fingerprint density at radius 2 is 2.00 bits per heavy atom. The van der Waals surface area contributed by atoms with Crippen LogP contribution in [0.5, 0.6) is 11.5 Å². The van der Waals surface area contributed by atoms with E-state index in [1.807, 2.05) is 13.8 Å². The quantitative estimate of drug-likeness (QED) is 0.550. The minimum Gasteiger partial charge on any atom is -0.548 e. The summed E-state index contributed by atoms with van der Waals surface area (Å²) in [6.07, 6.45) is 1.64. The summed E-state index contributed by atoms with van der Waals surface area (Å²) < 4.78 is 11.2. The van der Waals surface area contributed by atoms with E-state index in [1.165, 1.54) is 14.0 Å². The number of carboxylic acids is 1. The number of ether oxygens (including phenoxy) is 2. The van der Waals surface area contributed by atoms with Crippen LogP contribution in [-0.2, 0) is 9.59 Å². The summed E-state index contributed by atoms with van der Waals surface area (Å²) in [5.41, 5.74) is 0.717. The molecule has 1 aliphatic heterocycles. The molecule has 25 heavy (non-hydrogen) atoms. The van der Waals surface area contributed by atoms with Gasteiger partial charge in [-0.1, -0.05) is 30.0 Å². The molecule has 1 aliphatic rings. The van der Waals surface area contributed by atoms with Crippen LogP contribution in [0.2, 0.25) is 0 Å². The van der Waals surface area contributed by atoms with Gasteiger partial charge in [-0.2, -0.15) is 0 Å². The third-order valence-corrected chi connectivity index (χ3v) is 4.73. The summed E-state index contributed by atoms with van der Waals surface area (Å²) in [4.78, 5) is 24.9. The molecule has 0 saturated carbocycles. The number of benzene rings is 1. The van der Waals surface area contributed by atoms with E-state index >= 15 is 0 Å². The number of hydrogen-bond acceptors (Lipinski definition) is 7. The van der Waals surface area contributed by atoms with Crippen molar-refractivity contribution < 1.29 is 24.2 Å². The Balaban J connectivity index is 2.30. The molecule has 0 N–H and O–H groups in total. The molecular formula is C17H18NO5S2-. The summed E-state index contributed by atoms with van der Waals surface area (Å²) >= 11 is 6.17. The third kappa shape index (κ3) is 4.32. The van der Waals surface area contributed by atoms with Crippen molar-refractivity contribution in [2.75, 3.05) is 7.11 Å². The van der Waals surface area contributed by atoms with Gasteiger partial charge < -0.3 is 19.4 Å². The van der Waals surface area contributed by atoms with Gasteiger partial charge in [-0.05, 0) is 44.5 Å². The smallest absolute Gasteiger partial charge is 0.266 e. The summed E-state index contributed by atoms with van der Waals surface area (Å²) in [7, 11) is 1.54. The second-order valence-electron chi connectivity index (χ2n) is 5.62. The molecule has 1 fully saturated rings. The monoisotopic (exact) mass is 380 g/mol. The second-order valence-corrected chi connectivity index (χ2v) is 7.30. The van der Waals surface area contributed by atoms with E-state index in [1.54, 1.807) is 24.3 Å². The van der Waals surface area contributed by atoms with Crippen molar-refractivity contribution in [3.63, 3.8) is 0 Å². The molecular weight excluding hydrogens is 362 g/mol. The van der Waals surface area contributed by atoms with Crippen LogP contribution in [0.4, 0.5) is 0 Å². The summed E-state index contributed by atoms with van der Waals surface area (Å²) in [5, 5.41) is 11.0. The van der Waals surface area contributed by atoms with Crippen LogP contribution in [0, 0.1) is 0 Å². The maximum absolute atomic E-state index is 12.4. The molecule has 1 heterocycles. The lowest BCUT2D eigenvalue weighted by Crippen LogP contribution is -2.48. The number of carbonyl (C=O) groups excluding carboxylic acids is 2. The Morgan fingerprint density at radius 1 is 1.32 bits per heavy atom. The molecule has 134 valence electrons. The molecule has 1 atom stereocenters. The lowest BCUT2D eigenvalue weighted by atomic mass is 10.1. The number of carbonyl (C=O) groups is 2. The van der Waals surface area contributed by atoms with E-state index in [4.69, 9.17) is 21.7 Å². The Hall–Kier alpha value is -2.06.